The third-order valence-electron chi connectivity index (χ3n) is 9.86. The zero-order valence-corrected chi connectivity index (χ0v) is 30.8. The van der Waals surface area contributed by atoms with Crippen molar-refractivity contribution in [2.45, 2.75) is 6.92 Å². The summed E-state index contributed by atoms with van der Waals surface area (Å²) < 4.78 is 5.41. The summed E-state index contributed by atoms with van der Waals surface area (Å²) in [4.78, 5) is 17.6. The van der Waals surface area contributed by atoms with Crippen molar-refractivity contribution in [1.82, 2.24) is 0 Å². The SMILES string of the molecule is COc1ccc(N(c2ccccc2)c2ccc(-c3ccc(N(c4ccccc4)c4ccc(-c5ccc(C(=O)c6ccc(C)cc6)cc5)cc4)cc3)cc2)cc1. The predicted molar refractivity (Wildman–Crippen MR) is 228 cm³/mol. The van der Waals surface area contributed by atoms with Gasteiger partial charge in [0.15, 0.2) is 5.78 Å². The fraction of sp³-hybridized carbons (Fsp3) is 0.0392. The van der Waals surface area contributed by atoms with Gasteiger partial charge in [-0.25, -0.2) is 0 Å². The fourth-order valence-electron chi connectivity index (χ4n) is 6.87. The highest BCUT2D eigenvalue weighted by Crippen LogP contribution is 2.39. The Hall–Kier alpha value is -7.17. The maximum Gasteiger partial charge on any atom is 0.193 e. The van der Waals surface area contributed by atoms with Crippen molar-refractivity contribution in [3.63, 3.8) is 0 Å². The minimum atomic E-state index is 0.0304. The Morgan fingerprint density at radius 2 is 0.655 bits per heavy atom. The van der Waals surface area contributed by atoms with Crippen LogP contribution < -0.4 is 14.5 Å². The molecule has 8 aromatic carbocycles. The normalized spacial score (nSPS) is 10.8. The van der Waals surface area contributed by atoms with Gasteiger partial charge in [-0.3, -0.25) is 4.79 Å². The number of carbonyl (C=O) groups is 1. The molecule has 0 aromatic heterocycles. The van der Waals surface area contributed by atoms with E-state index in [-0.39, 0.29) is 5.78 Å². The molecule has 55 heavy (non-hydrogen) atoms. The van der Waals surface area contributed by atoms with E-state index in [4.69, 9.17) is 4.74 Å². The molecule has 0 heterocycles. The molecular weight excluding hydrogens is 673 g/mol. The van der Waals surface area contributed by atoms with Gasteiger partial charge >= 0.3 is 0 Å². The van der Waals surface area contributed by atoms with Crippen molar-refractivity contribution in [3.05, 3.63) is 223 Å². The van der Waals surface area contributed by atoms with Gasteiger partial charge in [0.2, 0.25) is 0 Å². The van der Waals surface area contributed by atoms with Gasteiger partial charge in [0, 0.05) is 45.3 Å². The molecule has 0 radical (unpaired) electrons. The minimum Gasteiger partial charge on any atom is -0.497 e. The van der Waals surface area contributed by atoms with Crippen LogP contribution in [0.5, 0.6) is 5.75 Å². The first-order valence-electron chi connectivity index (χ1n) is 18.4. The van der Waals surface area contributed by atoms with Gasteiger partial charge in [0.25, 0.3) is 0 Å². The first kappa shape index (κ1) is 34.9. The van der Waals surface area contributed by atoms with Crippen molar-refractivity contribution < 1.29 is 9.53 Å². The Balaban J connectivity index is 1.03. The topological polar surface area (TPSA) is 32.8 Å². The van der Waals surface area contributed by atoms with Crippen LogP contribution in [0.2, 0.25) is 0 Å². The maximum atomic E-state index is 13.0. The highest BCUT2D eigenvalue weighted by atomic mass is 16.5. The van der Waals surface area contributed by atoms with E-state index in [0.717, 1.165) is 67.7 Å². The van der Waals surface area contributed by atoms with E-state index >= 15 is 0 Å². The lowest BCUT2D eigenvalue weighted by Gasteiger charge is -2.26. The number of ether oxygens (including phenoxy) is 1. The summed E-state index contributed by atoms with van der Waals surface area (Å²) in [6.07, 6.45) is 0. The minimum absolute atomic E-state index is 0.0304. The standard InChI is InChI=1S/C51H40N2O2/c1-37-13-15-42(16-14-37)51(54)43-19-17-38(18-20-43)39-21-27-46(28-22-39)52(44-9-5-3-6-10-44)47-29-23-40(24-30-47)41-25-31-48(32-26-41)53(45-11-7-4-8-12-45)49-33-35-50(55-2)36-34-49/h3-36H,1-2H3. The molecule has 8 aromatic rings. The highest BCUT2D eigenvalue weighted by molar-refractivity contribution is 6.09. The molecule has 0 N–H and O–H groups in total. The summed E-state index contributed by atoms with van der Waals surface area (Å²) in [7, 11) is 1.69. The molecule has 0 amide bonds. The summed E-state index contributed by atoms with van der Waals surface area (Å²) in [5, 5.41) is 0. The molecule has 4 nitrogen and oxygen atoms in total. The number of hydrogen-bond acceptors (Lipinski definition) is 4. The summed E-state index contributed by atoms with van der Waals surface area (Å²) in [6, 6.07) is 70.6. The Labute approximate surface area is 323 Å². The van der Waals surface area contributed by atoms with Crippen LogP contribution in [0.4, 0.5) is 34.1 Å². The monoisotopic (exact) mass is 712 g/mol. The highest BCUT2D eigenvalue weighted by Gasteiger charge is 2.15. The summed E-state index contributed by atoms with van der Waals surface area (Å²) in [5.41, 5.74) is 13.3. The number of hydrogen-bond donors (Lipinski definition) is 0. The zero-order valence-electron chi connectivity index (χ0n) is 30.8. The molecule has 0 aliphatic rings. The first-order chi connectivity index (χ1) is 27.0. The van der Waals surface area contributed by atoms with E-state index in [1.165, 1.54) is 0 Å². The van der Waals surface area contributed by atoms with E-state index < -0.39 is 0 Å². The van der Waals surface area contributed by atoms with Crippen LogP contribution >= 0.6 is 0 Å². The van der Waals surface area contributed by atoms with Crippen LogP contribution in [-0.4, -0.2) is 12.9 Å². The third kappa shape index (κ3) is 7.66. The molecule has 4 heteroatoms. The van der Waals surface area contributed by atoms with E-state index in [2.05, 4.69) is 143 Å². The molecule has 0 fully saturated rings. The molecule has 8 rings (SSSR count). The van der Waals surface area contributed by atoms with Crippen LogP contribution in [0.15, 0.2) is 206 Å². The van der Waals surface area contributed by atoms with Crippen LogP contribution in [-0.2, 0) is 0 Å². The second-order valence-corrected chi connectivity index (χ2v) is 13.5. The van der Waals surface area contributed by atoms with Gasteiger partial charge in [0.05, 0.1) is 7.11 Å². The van der Waals surface area contributed by atoms with E-state index in [0.29, 0.717) is 11.1 Å². The van der Waals surface area contributed by atoms with Gasteiger partial charge in [0.1, 0.15) is 5.75 Å². The van der Waals surface area contributed by atoms with E-state index in [9.17, 15) is 4.79 Å². The van der Waals surface area contributed by atoms with Gasteiger partial charge in [-0.1, -0.05) is 127 Å². The first-order valence-corrected chi connectivity index (χ1v) is 18.4. The van der Waals surface area contributed by atoms with Gasteiger partial charge < -0.3 is 14.5 Å². The van der Waals surface area contributed by atoms with Crippen molar-refractivity contribution in [2.75, 3.05) is 16.9 Å². The number of rotatable bonds is 11. The van der Waals surface area contributed by atoms with Crippen molar-refractivity contribution in [2.24, 2.45) is 0 Å². The second-order valence-electron chi connectivity index (χ2n) is 13.5. The number of aryl methyl sites for hydroxylation is 1. The molecule has 266 valence electrons. The summed E-state index contributed by atoms with van der Waals surface area (Å²) >= 11 is 0. The largest absolute Gasteiger partial charge is 0.497 e. The third-order valence-corrected chi connectivity index (χ3v) is 9.86. The molecule has 0 atom stereocenters. The van der Waals surface area contributed by atoms with Gasteiger partial charge in [-0.15, -0.1) is 0 Å². The van der Waals surface area contributed by atoms with Gasteiger partial charge in [-0.05, 0) is 114 Å². The Morgan fingerprint density at radius 1 is 0.364 bits per heavy atom. The van der Waals surface area contributed by atoms with Crippen molar-refractivity contribution >= 4 is 39.9 Å². The van der Waals surface area contributed by atoms with Crippen molar-refractivity contribution in [3.8, 4) is 28.0 Å². The number of benzene rings is 8. The fourth-order valence-corrected chi connectivity index (χ4v) is 6.87. The number of carbonyl (C=O) groups excluding carboxylic acids is 1. The van der Waals surface area contributed by atoms with E-state index in [1.807, 2.05) is 79.7 Å². The number of nitrogens with zero attached hydrogens (tertiary/aromatic N) is 2. The smallest absolute Gasteiger partial charge is 0.193 e. The van der Waals surface area contributed by atoms with Crippen LogP contribution in [0.25, 0.3) is 22.3 Å². The quantitative estimate of drug-likeness (QED) is 0.125. The number of anilines is 6. The lowest BCUT2D eigenvalue weighted by Crippen LogP contribution is -2.10. The number of ketones is 1. The molecule has 0 aliphatic carbocycles. The van der Waals surface area contributed by atoms with Crippen LogP contribution in [0, 0.1) is 6.92 Å². The zero-order chi connectivity index (χ0) is 37.6. The number of methoxy groups -OCH3 is 1. The van der Waals surface area contributed by atoms with E-state index in [1.54, 1.807) is 7.11 Å². The molecule has 0 aliphatic heterocycles. The second kappa shape index (κ2) is 15.8. The van der Waals surface area contributed by atoms with Gasteiger partial charge in [-0.2, -0.15) is 0 Å². The van der Waals surface area contributed by atoms with Crippen molar-refractivity contribution in [1.29, 1.82) is 0 Å². The molecule has 0 saturated carbocycles. The molecular formula is C51H40N2O2. The summed E-state index contributed by atoms with van der Waals surface area (Å²) in [6.45, 7) is 2.02. The Kier molecular flexibility index (Phi) is 10.0. The molecule has 0 unspecified atom stereocenters. The predicted octanol–water partition coefficient (Wildman–Crippen LogP) is 13.5. The molecule has 0 spiro atoms. The van der Waals surface area contributed by atoms with Crippen LogP contribution in [0.1, 0.15) is 21.5 Å². The Morgan fingerprint density at radius 3 is 1.00 bits per heavy atom. The molecule has 0 saturated heterocycles. The maximum absolute atomic E-state index is 13.0. The van der Waals surface area contributed by atoms with Crippen LogP contribution in [0.3, 0.4) is 0 Å². The lowest BCUT2D eigenvalue weighted by atomic mass is 9.98. The number of para-hydroxylation sites is 2. The average molecular weight is 713 g/mol. The molecule has 0 bridgehead atoms. The lowest BCUT2D eigenvalue weighted by molar-refractivity contribution is 0.103. The average Bonchev–Trinajstić information content (AvgIpc) is 3.26. The Bertz CT molecular complexity index is 2480. The summed E-state index contributed by atoms with van der Waals surface area (Å²) in [5.74, 6) is 0.858.